The van der Waals surface area contributed by atoms with Crippen LogP contribution >= 0.6 is 0 Å². The molecule has 4 heteroatoms. The number of epoxide rings is 2. The van der Waals surface area contributed by atoms with E-state index < -0.39 is 0 Å². The minimum absolute atomic E-state index is 0.00357. The van der Waals surface area contributed by atoms with E-state index in [1.165, 1.54) is 25.7 Å². The van der Waals surface area contributed by atoms with Crippen molar-refractivity contribution < 1.29 is 19.4 Å². The van der Waals surface area contributed by atoms with Crippen molar-refractivity contribution in [3.8, 4) is 0 Å². The fraction of sp³-hybridized carbons (Fsp3) is 0.967. The van der Waals surface area contributed by atoms with E-state index in [4.69, 9.17) is 9.47 Å². The third kappa shape index (κ3) is 2.64. The molecule has 0 aromatic carbocycles. The van der Waals surface area contributed by atoms with Crippen molar-refractivity contribution in [2.45, 2.75) is 136 Å². The van der Waals surface area contributed by atoms with Crippen molar-refractivity contribution in [3.05, 3.63) is 0 Å². The third-order valence-electron chi connectivity index (χ3n) is 13.4. The maximum atomic E-state index is 12.9. The Morgan fingerprint density at radius 1 is 0.971 bits per heavy atom. The van der Waals surface area contributed by atoms with E-state index in [1.54, 1.807) is 0 Å². The number of aliphatic hydroxyl groups excluding tert-OH is 1. The topological polar surface area (TPSA) is 62.4 Å². The molecule has 1 N–H and O–H groups in total. The third-order valence-corrected chi connectivity index (χ3v) is 13.4. The van der Waals surface area contributed by atoms with Gasteiger partial charge in [0.1, 0.15) is 17.5 Å². The minimum Gasteiger partial charge on any atom is -0.390 e. The lowest BCUT2D eigenvalue weighted by Crippen LogP contribution is -2.65. The Kier molecular flexibility index (Phi) is 4.71. The van der Waals surface area contributed by atoms with Gasteiger partial charge in [0.25, 0.3) is 0 Å². The van der Waals surface area contributed by atoms with Crippen LogP contribution in [0.3, 0.4) is 0 Å². The lowest BCUT2D eigenvalue weighted by atomic mass is 9.38. The second-order valence-corrected chi connectivity index (χ2v) is 15.2. The molecule has 2 heterocycles. The molecule has 2 saturated heterocycles. The van der Waals surface area contributed by atoms with Crippen LogP contribution in [0.4, 0.5) is 0 Å². The molecular weight excluding hydrogens is 424 g/mol. The van der Waals surface area contributed by atoms with E-state index in [1.807, 2.05) is 0 Å². The largest absolute Gasteiger partial charge is 0.390 e. The SMILES string of the molecule is C[C@@H](C[C@@H](O)[C@@H]1OC1(C)C)[C@@H]1CC[C@]2(C)[C@@]34O[C@@H]3C[C@H]3C(C)(C)C(=O)CC[C@]3(C)[C@@H]4CC[C@@]12C. The van der Waals surface area contributed by atoms with Gasteiger partial charge in [-0.1, -0.05) is 41.5 Å². The Bertz CT molecular complexity index is 909. The lowest BCUT2D eigenvalue weighted by Gasteiger charge is -2.65. The summed E-state index contributed by atoms with van der Waals surface area (Å²) in [6, 6.07) is 0. The van der Waals surface area contributed by atoms with E-state index in [2.05, 4.69) is 55.4 Å². The Balaban J connectivity index is 1.28. The van der Waals surface area contributed by atoms with Crippen molar-refractivity contribution in [1.82, 2.24) is 0 Å². The summed E-state index contributed by atoms with van der Waals surface area (Å²) in [5.74, 6) is 2.56. The van der Waals surface area contributed by atoms with E-state index in [0.717, 1.165) is 25.7 Å². The van der Waals surface area contributed by atoms with Gasteiger partial charge in [-0.3, -0.25) is 4.79 Å². The maximum Gasteiger partial charge on any atom is 0.138 e. The van der Waals surface area contributed by atoms with Crippen LogP contribution in [0.25, 0.3) is 0 Å². The lowest BCUT2D eigenvalue weighted by molar-refractivity contribution is -0.175. The Morgan fingerprint density at radius 2 is 1.65 bits per heavy atom. The van der Waals surface area contributed by atoms with E-state index in [9.17, 15) is 9.90 Å². The number of aliphatic hydroxyl groups is 1. The molecule has 1 spiro atoms. The van der Waals surface area contributed by atoms with Crippen molar-refractivity contribution in [2.75, 3.05) is 0 Å². The summed E-state index contributed by atoms with van der Waals surface area (Å²) in [5, 5.41) is 10.9. The first-order valence-corrected chi connectivity index (χ1v) is 14.2. The predicted molar refractivity (Wildman–Crippen MR) is 132 cm³/mol. The summed E-state index contributed by atoms with van der Waals surface area (Å²) in [6.45, 7) is 18.6. The van der Waals surface area contributed by atoms with Gasteiger partial charge in [0.2, 0.25) is 0 Å². The van der Waals surface area contributed by atoms with Crippen molar-refractivity contribution in [1.29, 1.82) is 0 Å². The molecule has 192 valence electrons. The average molecular weight is 473 g/mol. The highest BCUT2D eigenvalue weighted by Gasteiger charge is 2.83. The van der Waals surface area contributed by atoms with Crippen molar-refractivity contribution in [2.24, 2.45) is 45.3 Å². The Labute approximate surface area is 206 Å². The normalized spacial score (nSPS) is 55.9. The Morgan fingerprint density at radius 3 is 2.29 bits per heavy atom. The molecule has 2 aliphatic heterocycles. The zero-order chi connectivity index (χ0) is 24.7. The molecule has 4 saturated carbocycles. The summed E-state index contributed by atoms with van der Waals surface area (Å²) in [7, 11) is 0. The van der Waals surface area contributed by atoms with Crippen LogP contribution < -0.4 is 0 Å². The standard InChI is InChI=1S/C30H48O4/c1-17(15-19(31)24-26(4,5)34-24)18-9-14-29(8)28(18,7)13-10-20-27(6)12-11-22(32)25(2,3)21(27)16-23-30(20,29)33-23/h17-21,23-24,31H,9-16H2,1-8H3/t17-,18-,19+,20-,21-,23+,24-,27+,28-,29-,30-/m0/s1. The number of Topliss-reactive ketones (excluding diaryl/α,β-unsaturated/α-hetero) is 1. The number of rotatable bonds is 4. The fourth-order valence-electron chi connectivity index (χ4n) is 11.1. The second-order valence-electron chi connectivity index (χ2n) is 15.2. The first kappa shape index (κ1) is 23.9. The van der Waals surface area contributed by atoms with Crippen LogP contribution in [0, 0.1) is 45.3 Å². The van der Waals surface area contributed by atoms with Crippen molar-refractivity contribution in [3.63, 3.8) is 0 Å². The molecule has 0 aromatic heterocycles. The predicted octanol–water partition coefficient (Wildman–Crippen LogP) is 5.94. The molecule has 0 radical (unpaired) electrons. The molecule has 0 unspecified atom stereocenters. The summed E-state index contributed by atoms with van der Waals surface area (Å²) in [5.41, 5.74) is 0.212. The zero-order valence-corrected chi connectivity index (χ0v) is 22.9. The first-order chi connectivity index (χ1) is 15.7. The number of hydrogen-bond donors (Lipinski definition) is 1. The molecule has 34 heavy (non-hydrogen) atoms. The monoisotopic (exact) mass is 472 g/mol. The van der Waals surface area contributed by atoms with Crippen LogP contribution in [0.2, 0.25) is 0 Å². The van der Waals surface area contributed by atoms with Crippen LogP contribution in [0.15, 0.2) is 0 Å². The molecule has 4 aliphatic carbocycles. The molecule has 0 bridgehead atoms. The molecule has 0 aromatic rings. The molecule has 4 nitrogen and oxygen atoms in total. The number of fused-ring (bicyclic) bond motifs is 3. The summed E-state index contributed by atoms with van der Waals surface area (Å²) >= 11 is 0. The van der Waals surface area contributed by atoms with Crippen molar-refractivity contribution >= 4 is 5.78 Å². The summed E-state index contributed by atoms with van der Waals surface area (Å²) in [4.78, 5) is 12.9. The van der Waals surface area contributed by atoms with Gasteiger partial charge in [0, 0.05) is 17.3 Å². The van der Waals surface area contributed by atoms with Gasteiger partial charge in [-0.2, -0.15) is 0 Å². The Hall–Kier alpha value is -0.450. The maximum absolute atomic E-state index is 12.9. The number of ether oxygens (including phenoxy) is 2. The number of carbonyl (C=O) groups excluding carboxylic acids is 1. The van der Waals surface area contributed by atoms with Gasteiger partial charge < -0.3 is 14.6 Å². The minimum atomic E-state index is -0.365. The van der Waals surface area contributed by atoms with E-state index in [0.29, 0.717) is 35.6 Å². The summed E-state index contributed by atoms with van der Waals surface area (Å²) < 4.78 is 12.7. The van der Waals surface area contributed by atoms with E-state index >= 15 is 0 Å². The zero-order valence-electron chi connectivity index (χ0n) is 22.9. The van der Waals surface area contributed by atoms with Gasteiger partial charge in [0.05, 0.1) is 17.8 Å². The average Bonchev–Trinajstić information content (AvgIpc) is 3.59. The molecule has 0 amide bonds. The second kappa shape index (κ2) is 6.70. The summed E-state index contributed by atoms with van der Waals surface area (Å²) in [6.07, 6.45) is 8.58. The highest BCUT2D eigenvalue weighted by atomic mass is 16.6. The fourth-order valence-corrected chi connectivity index (χ4v) is 11.1. The van der Waals surface area contributed by atoms with Gasteiger partial charge in [-0.25, -0.2) is 0 Å². The first-order valence-electron chi connectivity index (χ1n) is 14.2. The van der Waals surface area contributed by atoms with Crippen LogP contribution in [-0.4, -0.2) is 40.4 Å². The van der Waals surface area contributed by atoms with Crippen LogP contribution in [0.5, 0.6) is 0 Å². The van der Waals surface area contributed by atoms with Crippen LogP contribution in [-0.2, 0) is 14.3 Å². The molecule has 11 atom stereocenters. The number of carbonyl (C=O) groups is 1. The van der Waals surface area contributed by atoms with Gasteiger partial charge in [-0.05, 0) is 93.3 Å². The van der Waals surface area contributed by atoms with Gasteiger partial charge in [0.15, 0.2) is 0 Å². The quantitative estimate of drug-likeness (QED) is 0.515. The molecule has 6 fully saturated rings. The molecular formula is C30H48O4. The molecule has 6 rings (SSSR count). The van der Waals surface area contributed by atoms with Gasteiger partial charge >= 0.3 is 0 Å². The molecule has 6 aliphatic rings. The smallest absolute Gasteiger partial charge is 0.138 e. The highest BCUT2D eigenvalue weighted by Crippen LogP contribution is 2.81. The number of ketones is 1. The number of hydrogen-bond acceptors (Lipinski definition) is 4. The highest BCUT2D eigenvalue weighted by molar-refractivity contribution is 5.85. The van der Waals surface area contributed by atoms with Gasteiger partial charge in [-0.15, -0.1) is 0 Å². The van der Waals surface area contributed by atoms with E-state index in [-0.39, 0.29) is 45.1 Å². The van der Waals surface area contributed by atoms with Crippen LogP contribution in [0.1, 0.15) is 107 Å².